The largest absolute Gasteiger partial charge is 0.490 e. The zero-order chi connectivity index (χ0) is 27.8. The molecule has 1 saturated carbocycles. The summed E-state index contributed by atoms with van der Waals surface area (Å²) in [7, 11) is 0. The predicted molar refractivity (Wildman–Crippen MR) is 147 cm³/mol. The van der Waals surface area contributed by atoms with Gasteiger partial charge in [-0.25, -0.2) is 18.8 Å². The molecule has 2 N–H and O–H groups in total. The summed E-state index contributed by atoms with van der Waals surface area (Å²) in [5.74, 6) is -0.583. The third kappa shape index (κ3) is 5.15. The Morgan fingerprint density at radius 3 is 2.58 bits per heavy atom. The summed E-state index contributed by atoms with van der Waals surface area (Å²) in [5, 5.41) is 13.0. The van der Waals surface area contributed by atoms with Crippen molar-refractivity contribution in [3.63, 3.8) is 0 Å². The Kier molecular flexibility index (Phi) is 6.72. The van der Waals surface area contributed by atoms with Crippen LogP contribution in [-0.2, 0) is 4.74 Å². The molecule has 2 aromatic heterocycles. The number of aliphatic imine (C=N–C) groups is 1. The predicted octanol–water partition coefficient (Wildman–Crippen LogP) is 6.78. The Labute approximate surface area is 229 Å². The first-order chi connectivity index (χ1) is 19.4. The van der Waals surface area contributed by atoms with Gasteiger partial charge in [0.25, 0.3) is 6.02 Å². The quantitative estimate of drug-likeness (QED) is 0.266. The summed E-state index contributed by atoms with van der Waals surface area (Å²) in [6.45, 7) is 4.95. The van der Waals surface area contributed by atoms with E-state index in [1.165, 1.54) is 25.1 Å². The van der Waals surface area contributed by atoms with Gasteiger partial charge in [0, 0.05) is 41.7 Å². The van der Waals surface area contributed by atoms with E-state index in [2.05, 4.69) is 26.3 Å². The molecule has 204 valence electrons. The standard InChI is InChI=1S/C30H27F2N5O3/c1-16(2)39-25-6-5-18(9-19(25)12-33)22-14-35-29-27(22)26(7-8-34-29)40-28-23(31)10-21(11-24(28)32)37-30-36-13-20(15-38-30)17-3-4-17/h5-11,14,16-17,20H,3-4,13,15H2,1-2H3,(H,34,35)(H,36,37)/t20-/m1/s1. The molecule has 0 unspecified atom stereocenters. The number of benzene rings is 2. The van der Waals surface area contributed by atoms with Crippen molar-refractivity contribution in [3.8, 4) is 34.4 Å². The highest BCUT2D eigenvalue weighted by molar-refractivity contribution is 5.98. The molecule has 0 saturated heterocycles. The number of aromatic nitrogens is 2. The van der Waals surface area contributed by atoms with Crippen LogP contribution >= 0.6 is 0 Å². The van der Waals surface area contributed by atoms with Crippen LogP contribution in [0.4, 0.5) is 14.5 Å². The molecule has 1 aliphatic heterocycles. The lowest BCUT2D eigenvalue weighted by Crippen LogP contribution is -2.29. The Morgan fingerprint density at radius 2 is 1.90 bits per heavy atom. The van der Waals surface area contributed by atoms with Gasteiger partial charge in [-0.05, 0) is 56.4 Å². The van der Waals surface area contributed by atoms with Gasteiger partial charge in [0.15, 0.2) is 17.4 Å². The molecule has 10 heteroatoms. The van der Waals surface area contributed by atoms with Crippen LogP contribution in [0.5, 0.6) is 17.2 Å². The number of halogens is 2. The minimum Gasteiger partial charge on any atom is -0.490 e. The highest BCUT2D eigenvalue weighted by Crippen LogP contribution is 2.40. The number of hydrogen-bond donors (Lipinski definition) is 2. The van der Waals surface area contributed by atoms with E-state index in [1.54, 1.807) is 18.3 Å². The number of hydrogen-bond acceptors (Lipinski definition) is 7. The van der Waals surface area contributed by atoms with E-state index in [9.17, 15) is 5.26 Å². The number of amidine groups is 1. The molecule has 3 heterocycles. The summed E-state index contributed by atoms with van der Waals surface area (Å²) >= 11 is 0. The van der Waals surface area contributed by atoms with E-state index < -0.39 is 17.4 Å². The molecule has 4 aromatic rings. The minimum atomic E-state index is -0.890. The van der Waals surface area contributed by atoms with E-state index in [1.807, 2.05) is 19.9 Å². The van der Waals surface area contributed by atoms with E-state index in [0.29, 0.717) is 58.5 Å². The summed E-state index contributed by atoms with van der Waals surface area (Å²) in [5.41, 5.74) is 2.34. The Morgan fingerprint density at radius 1 is 1.10 bits per heavy atom. The summed E-state index contributed by atoms with van der Waals surface area (Å²) < 4.78 is 47.5. The zero-order valence-electron chi connectivity index (χ0n) is 22.0. The van der Waals surface area contributed by atoms with Crippen LogP contribution in [0.15, 0.2) is 53.8 Å². The SMILES string of the molecule is CC(C)Oc1ccc(-c2c[nH]c3nccc(Oc4c(F)cc(NC5=NC[C@@H](C6CC6)CO5)cc4F)c23)cc1C#N. The molecule has 0 bridgehead atoms. The van der Waals surface area contributed by atoms with Crippen molar-refractivity contribution in [2.45, 2.75) is 32.8 Å². The first-order valence-corrected chi connectivity index (χ1v) is 13.2. The molecule has 0 radical (unpaired) electrons. The lowest BCUT2D eigenvalue weighted by Gasteiger charge is -2.22. The first kappa shape index (κ1) is 25.6. The Balaban J connectivity index is 1.28. The van der Waals surface area contributed by atoms with Crippen molar-refractivity contribution < 1.29 is 23.0 Å². The van der Waals surface area contributed by atoms with Gasteiger partial charge in [-0.2, -0.15) is 5.26 Å². The number of fused-ring (bicyclic) bond motifs is 1. The maximum atomic E-state index is 15.2. The zero-order valence-corrected chi connectivity index (χ0v) is 22.0. The van der Waals surface area contributed by atoms with E-state index in [4.69, 9.17) is 14.2 Å². The van der Waals surface area contributed by atoms with Gasteiger partial charge in [0.1, 0.15) is 23.2 Å². The van der Waals surface area contributed by atoms with Crippen LogP contribution in [0.2, 0.25) is 0 Å². The van der Waals surface area contributed by atoms with Crippen LogP contribution < -0.4 is 14.8 Å². The number of nitriles is 1. The number of nitrogens with zero attached hydrogens (tertiary/aromatic N) is 3. The number of aromatic amines is 1. The van der Waals surface area contributed by atoms with Crippen LogP contribution in [-0.4, -0.2) is 35.2 Å². The van der Waals surface area contributed by atoms with Gasteiger partial charge in [-0.1, -0.05) is 6.07 Å². The number of pyridine rings is 1. The fraction of sp³-hybridized carbons (Fsp3) is 0.300. The topological polar surface area (TPSA) is 105 Å². The molecule has 6 rings (SSSR count). The maximum Gasteiger partial charge on any atom is 0.289 e. The van der Waals surface area contributed by atoms with Crippen molar-refractivity contribution in [1.29, 1.82) is 5.26 Å². The molecule has 1 atom stereocenters. The molecule has 0 amide bonds. The first-order valence-electron chi connectivity index (χ1n) is 13.2. The van der Waals surface area contributed by atoms with Gasteiger partial charge in [0.2, 0.25) is 0 Å². The average molecular weight is 544 g/mol. The normalized spacial score (nSPS) is 16.8. The fourth-order valence-corrected chi connectivity index (χ4v) is 4.86. The van der Waals surface area contributed by atoms with Crippen LogP contribution in [0.3, 0.4) is 0 Å². The third-order valence-corrected chi connectivity index (χ3v) is 6.96. The number of anilines is 1. The summed E-state index contributed by atoms with van der Waals surface area (Å²) in [6.07, 6.45) is 5.52. The fourth-order valence-electron chi connectivity index (χ4n) is 4.86. The molecule has 2 aliphatic rings. The third-order valence-electron chi connectivity index (χ3n) is 6.96. The van der Waals surface area contributed by atoms with E-state index in [-0.39, 0.29) is 23.6 Å². The lowest BCUT2D eigenvalue weighted by molar-refractivity contribution is 0.204. The van der Waals surface area contributed by atoms with Crippen molar-refractivity contribution >= 4 is 22.7 Å². The minimum absolute atomic E-state index is 0.0931. The van der Waals surface area contributed by atoms with Crippen molar-refractivity contribution in [1.82, 2.24) is 9.97 Å². The van der Waals surface area contributed by atoms with Gasteiger partial charge in [0.05, 0.1) is 30.2 Å². The second-order valence-electron chi connectivity index (χ2n) is 10.3. The number of H-pyrrole nitrogens is 1. The van der Waals surface area contributed by atoms with Crippen LogP contribution in [0.1, 0.15) is 32.3 Å². The van der Waals surface area contributed by atoms with E-state index in [0.717, 1.165) is 12.1 Å². The van der Waals surface area contributed by atoms with Crippen molar-refractivity contribution in [3.05, 3.63) is 66.0 Å². The van der Waals surface area contributed by atoms with Crippen molar-refractivity contribution in [2.24, 2.45) is 16.8 Å². The Bertz CT molecular complexity index is 1630. The summed E-state index contributed by atoms with van der Waals surface area (Å²) in [4.78, 5) is 11.8. The smallest absolute Gasteiger partial charge is 0.289 e. The number of ether oxygens (including phenoxy) is 3. The van der Waals surface area contributed by atoms with Gasteiger partial charge in [-0.15, -0.1) is 0 Å². The van der Waals surface area contributed by atoms with Gasteiger partial charge >= 0.3 is 0 Å². The highest BCUT2D eigenvalue weighted by Gasteiger charge is 2.33. The van der Waals surface area contributed by atoms with E-state index >= 15 is 8.78 Å². The Hall–Kier alpha value is -4.65. The van der Waals surface area contributed by atoms with Gasteiger partial charge in [-0.3, -0.25) is 0 Å². The average Bonchev–Trinajstić information content (AvgIpc) is 3.69. The summed E-state index contributed by atoms with van der Waals surface area (Å²) in [6, 6.07) is 11.4. The molecule has 8 nitrogen and oxygen atoms in total. The monoisotopic (exact) mass is 543 g/mol. The van der Waals surface area contributed by atoms with Gasteiger partial charge < -0.3 is 24.5 Å². The second-order valence-corrected chi connectivity index (χ2v) is 10.3. The molecule has 1 aliphatic carbocycles. The highest BCUT2D eigenvalue weighted by atomic mass is 19.1. The molecular weight excluding hydrogens is 516 g/mol. The lowest BCUT2D eigenvalue weighted by atomic mass is 10.0. The number of rotatable bonds is 7. The number of nitrogens with one attached hydrogen (secondary N) is 2. The molecular formula is C30H27F2N5O3. The molecule has 1 fully saturated rings. The van der Waals surface area contributed by atoms with Crippen LogP contribution in [0.25, 0.3) is 22.2 Å². The molecule has 40 heavy (non-hydrogen) atoms. The molecule has 0 spiro atoms. The second kappa shape index (κ2) is 10.5. The van der Waals surface area contributed by atoms with Crippen LogP contribution in [0, 0.1) is 34.8 Å². The van der Waals surface area contributed by atoms with Crippen molar-refractivity contribution in [2.75, 3.05) is 18.5 Å². The molecule has 2 aromatic carbocycles. The maximum absolute atomic E-state index is 15.2.